The first-order valence-electron chi connectivity index (χ1n) is 11.0. The third-order valence-electron chi connectivity index (χ3n) is 6.11. The number of nitrogens with one attached hydrogen (secondary N) is 2. The highest BCUT2D eigenvalue weighted by atomic mass is 16.5. The molecule has 1 saturated heterocycles. The second kappa shape index (κ2) is 8.63. The third-order valence-corrected chi connectivity index (χ3v) is 6.11. The van der Waals surface area contributed by atoms with Gasteiger partial charge in [-0.05, 0) is 54.8 Å². The summed E-state index contributed by atoms with van der Waals surface area (Å²) in [5, 5.41) is 10.8. The number of aromatic nitrogens is 4. The summed E-state index contributed by atoms with van der Waals surface area (Å²) in [6.07, 6.45) is 3.59. The minimum atomic E-state index is -0.106. The molecule has 0 aliphatic carbocycles. The highest BCUT2D eigenvalue weighted by Crippen LogP contribution is 2.37. The zero-order valence-corrected chi connectivity index (χ0v) is 18.9. The molecule has 5 rings (SSSR count). The number of rotatable bonds is 4. The summed E-state index contributed by atoms with van der Waals surface area (Å²) < 4.78 is 5.65. The molecule has 0 spiro atoms. The van der Waals surface area contributed by atoms with E-state index in [9.17, 15) is 4.79 Å². The number of amides is 1. The van der Waals surface area contributed by atoms with Crippen molar-refractivity contribution in [3.63, 3.8) is 0 Å². The number of fused-ring (bicyclic) bond motifs is 1. The Bertz CT molecular complexity index is 1300. The molecule has 0 radical (unpaired) electrons. The number of hydrogen-bond donors (Lipinski definition) is 2. The molecule has 1 aliphatic heterocycles. The normalized spacial score (nSPS) is 16.2. The van der Waals surface area contributed by atoms with Crippen molar-refractivity contribution in [2.75, 3.05) is 31.7 Å². The molecule has 4 heterocycles. The van der Waals surface area contributed by atoms with E-state index >= 15 is 0 Å². The number of morpholine rings is 1. The number of carbonyl (C=O) groups excluding carboxylic acids is 1. The molecule has 1 atom stereocenters. The first-order valence-corrected chi connectivity index (χ1v) is 11.0. The van der Waals surface area contributed by atoms with Crippen molar-refractivity contribution < 1.29 is 9.53 Å². The van der Waals surface area contributed by atoms with Crippen LogP contribution in [0.15, 0.2) is 48.8 Å². The summed E-state index contributed by atoms with van der Waals surface area (Å²) in [7, 11) is 1.63. The number of aromatic amines is 1. The minimum Gasteiger partial charge on any atom is -0.377 e. The van der Waals surface area contributed by atoms with Crippen LogP contribution in [0.2, 0.25) is 0 Å². The number of H-pyrrole nitrogens is 1. The molecule has 2 N–H and O–H groups in total. The van der Waals surface area contributed by atoms with E-state index < -0.39 is 0 Å². The summed E-state index contributed by atoms with van der Waals surface area (Å²) in [6, 6.07) is 11.9. The fourth-order valence-electron chi connectivity index (χ4n) is 4.36. The maximum Gasteiger partial charge on any atom is 0.251 e. The highest BCUT2D eigenvalue weighted by Gasteiger charge is 2.24. The smallest absolute Gasteiger partial charge is 0.251 e. The molecular weight excluding hydrogens is 416 g/mol. The van der Waals surface area contributed by atoms with Crippen molar-refractivity contribution in [3.8, 4) is 22.5 Å². The molecule has 8 heteroatoms. The number of hydrogen-bond acceptors (Lipinski definition) is 6. The summed E-state index contributed by atoms with van der Waals surface area (Å²) in [4.78, 5) is 24.1. The number of nitrogens with zero attached hydrogens (tertiary/aromatic N) is 4. The predicted molar refractivity (Wildman–Crippen MR) is 128 cm³/mol. The number of pyridine rings is 2. The lowest BCUT2D eigenvalue weighted by Gasteiger charge is -2.34. The Labute approximate surface area is 192 Å². The molecule has 1 fully saturated rings. The highest BCUT2D eigenvalue weighted by molar-refractivity contribution is 6.04. The van der Waals surface area contributed by atoms with Crippen molar-refractivity contribution >= 4 is 22.6 Å². The molecular formula is C25H26N6O2. The quantitative estimate of drug-likeness (QED) is 0.502. The zero-order chi connectivity index (χ0) is 22.9. The van der Waals surface area contributed by atoms with E-state index in [4.69, 9.17) is 14.7 Å². The van der Waals surface area contributed by atoms with Crippen LogP contribution < -0.4 is 10.2 Å². The molecule has 4 aromatic rings. The predicted octanol–water partition coefficient (Wildman–Crippen LogP) is 3.58. The lowest BCUT2D eigenvalue weighted by Crippen LogP contribution is -2.44. The number of anilines is 1. The van der Waals surface area contributed by atoms with Crippen LogP contribution in [0.5, 0.6) is 0 Å². The van der Waals surface area contributed by atoms with E-state index in [1.54, 1.807) is 13.2 Å². The molecule has 0 bridgehead atoms. The standard InChI is InChI=1S/C25H26N6O2/c1-15-13-27-23(20-8-9-28-30-20)24-22(15)19(17-4-6-18(7-5-17)25(32)26-3)12-21(29-24)31-10-11-33-14-16(31)2/h4-9,12-13,16H,10-11,14H2,1-3H3,(H,26,32)(H,28,30)/t16-/m1/s1. The SMILES string of the molecule is CNC(=O)c1ccc(-c2cc(N3CCOC[C@H]3C)nc3c(-c4ccn[nH]4)ncc(C)c23)cc1. The fraction of sp³-hybridized carbons (Fsp3) is 0.280. The Morgan fingerprint density at radius 1 is 1.24 bits per heavy atom. The van der Waals surface area contributed by atoms with Gasteiger partial charge in [0, 0.05) is 36.9 Å². The lowest BCUT2D eigenvalue weighted by atomic mass is 9.96. The van der Waals surface area contributed by atoms with Gasteiger partial charge >= 0.3 is 0 Å². The Morgan fingerprint density at radius 2 is 2.06 bits per heavy atom. The van der Waals surface area contributed by atoms with Crippen molar-refractivity contribution in [2.24, 2.45) is 0 Å². The zero-order valence-electron chi connectivity index (χ0n) is 18.9. The average Bonchev–Trinajstić information content (AvgIpc) is 3.38. The van der Waals surface area contributed by atoms with Crippen LogP contribution in [0.25, 0.3) is 33.4 Å². The molecule has 8 nitrogen and oxygen atoms in total. The van der Waals surface area contributed by atoms with E-state index in [1.807, 2.05) is 43.5 Å². The van der Waals surface area contributed by atoms with Gasteiger partial charge in [0.15, 0.2) is 0 Å². The van der Waals surface area contributed by atoms with Crippen LogP contribution in [0.1, 0.15) is 22.8 Å². The van der Waals surface area contributed by atoms with Gasteiger partial charge in [-0.1, -0.05) is 12.1 Å². The van der Waals surface area contributed by atoms with E-state index in [1.165, 1.54) is 0 Å². The first kappa shape index (κ1) is 21.1. The molecule has 3 aromatic heterocycles. The van der Waals surface area contributed by atoms with Gasteiger partial charge in [-0.2, -0.15) is 5.10 Å². The molecule has 1 amide bonds. The van der Waals surface area contributed by atoms with Gasteiger partial charge < -0.3 is 15.0 Å². The molecule has 0 saturated carbocycles. The van der Waals surface area contributed by atoms with E-state index in [-0.39, 0.29) is 11.9 Å². The van der Waals surface area contributed by atoms with E-state index in [0.717, 1.165) is 51.3 Å². The molecule has 1 aromatic carbocycles. The van der Waals surface area contributed by atoms with Crippen LogP contribution in [0, 0.1) is 6.92 Å². The van der Waals surface area contributed by atoms with Gasteiger partial charge in [0.05, 0.1) is 24.9 Å². The van der Waals surface area contributed by atoms with Gasteiger partial charge in [-0.25, -0.2) is 4.98 Å². The van der Waals surface area contributed by atoms with E-state index in [0.29, 0.717) is 18.8 Å². The van der Waals surface area contributed by atoms with Crippen molar-refractivity contribution in [2.45, 2.75) is 19.9 Å². The first-order chi connectivity index (χ1) is 16.1. The molecule has 33 heavy (non-hydrogen) atoms. The molecule has 1 aliphatic rings. The second-order valence-electron chi connectivity index (χ2n) is 8.29. The van der Waals surface area contributed by atoms with Gasteiger partial charge in [0.25, 0.3) is 5.91 Å². The van der Waals surface area contributed by atoms with Gasteiger partial charge in [-0.15, -0.1) is 0 Å². The topological polar surface area (TPSA) is 96.0 Å². The van der Waals surface area contributed by atoms with Crippen LogP contribution in [0.4, 0.5) is 5.82 Å². The van der Waals surface area contributed by atoms with Crippen molar-refractivity contribution in [3.05, 3.63) is 59.9 Å². The van der Waals surface area contributed by atoms with Crippen molar-refractivity contribution in [1.29, 1.82) is 0 Å². The minimum absolute atomic E-state index is 0.106. The Hall–Kier alpha value is -3.78. The number of carbonyl (C=O) groups is 1. The maximum atomic E-state index is 12.0. The maximum absolute atomic E-state index is 12.0. The van der Waals surface area contributed by atoms with Crippen molar-refractivity contribution in [1.82, 2.24) is 25.5 Å². The Balaban J connectivity index is 1.76. The van der Waals surface area contributed by atoms with Crippen LogP contribution in [-0.2, 0) is 4.74 Å². The van der Waals surface area contributed by atoms with Crippen LogP contribution in [-0.4, -0.2) is 58.9 Å². The summed E-state index contributed by atoms with van der Waals surface area (Å²) in [5.41, 5.74) is 6.13. The fourth-order valence-corrected chi connectivity index (χ4v) is 4.36. The van der Waals surface area contributed by atoms with Crippen LogP contribution in [0.3, 0.4) is 0 Å². The Kier molecular flexibility index (Phi) is 5.51. The van der Waals surface area contributed by atoms with Gasteiger partial charge in [0.2, 0.25) is 0 Å². The number of benzene rings is 1. The van der Waals surface area contributed by atoms with Gasteiger partial charge in [-0.3, -0.25) is 14.9 Å². The van der Waals surface area contributed by atoms with E-state index in [2.05, 4.69) is 33.4 Å². The number of aryl methyl sites for hydroxylation is 1. The molecule has 0 unspecified atom stereocenters. The average molecular weight is 443 g/mol. The number of ether oxygens (including phenoxy) is 1. The van der Waals surface area contributed by atoms with Crippen LogP contribution >= 0.6 is 0 Å². The summed E-state index contributed by atoms with van der Waals surface area (Å²) in [5.74, 6) is 0.780. The monoisotopic (exact) mass is 442 g/mol. The Morgan fingerprint density at radius 3 is 2.76 bits per heavy atom. The second-order valence-corrected chi connectivity index (χ2v) is 8.29. The summed E-state index contributed by atoms with van der Waals surface area (Å²) >= 11 is 0. The largest absolute Gasteiger partial charge is 0.377 e. The lowest BCUT2D eigenvalue weighted by molar-refractivity contribution is 0.0963. The molecule has 168 valence electrons. The van der Waals surface area contributed by atoms with Gasteiger partial charge in [0.1, 0.15) is 17.0 Å². The summed E-state index contributed by atoms with van der Waals surface area (Å²) in [6.45, 7) is 6.29. The third kappa shape index (κ3) is 3.82.